The molecule has 0 spiro atoms. The van der Waals surface area contributed by atoms with Gasteiger partial charge in [-0.05, 0) is 37.1 Å². The van der Waals surface area contributed by atoms with E-state index in [1.165, 1.54) is 18.3 Å². The maximum atomic E-state index is 12.3. The van der Waals surface area contributed by atoms with Gasteiger partial charge in [0.15, 0.2) is 5.03 Å². The molecule has 0 fully saturated rings. The van der Waals surface area contributed by atoms with Crippen molar-refractivity contribution in [3.05, 3.63) is 58.3 Å². The smallest absolute Gasteiger partial charge is 0.268 e. The summed E-state index contributed by atoms with van der Waals surface area (Å²) in [5.74, 6) is -0.674. The summed E-state index contributed by atoms with van der Waals surface area (Å²) in [4.78, 5) is 25.7. The van der Waals surface area contributed by atoms with Gasteiger partial charge in [-0.1, -0.05) is 0 Å². The molecule has 29 heavy (non-hydrogen) atoms. The molecule has 154 valence electrons. The number of carbonyl (C=O) groups is 1. The number of pyridine rings is 1. The molecule has 0 bridgehead atoms. The van der Waals surface area contributed by atoms with Crippen LogP contribution in [0.15, 0.2) is 52.5 Å². The van der Waals surface area contributed by atoms with Crippen LogP contribution in [-0.2, 0) is 24.3 Å². The number of rotatable bonds is 8. The van der Waals surface area contributed by atoms with E-state index in [1.54, 1.807) is 0 Å². The van der Waals surface area contributed by atoms with E-state index in [0.717, 1.165) is 24.3 Å². The fraction of sp³-hybridized carbons (Fsp3) is 0.250. The largest absolute Gasteiger partial charge is 0.296 e. The third kappa shape index (κ3) is 4.11. The average Bonchev–Trinajstić information content (AvgIpc) is 2.88. The molecule has 1 aromatic heterocycles. The molecule has 0 aliphatic carbocycles. The van der Waals surface area contributed by atoms with Crippen LogP contribution >= 0.6 is 0 Å². The molecule has 13 heteroatoms. The van der Waals surface area contributed by atoms with Gasteiger partial charge in [-0.3, -0.25) is 19.1 Å². The van der Waals surface area contributed by atoms with Gasteiger partial charge in [-0.25, -0.2) is 9.29 Å². The molecule has 1 aliphatic rings. The van der Waals surface area contributed by atoms with Gasteiger partial charge in [0.2, 0.25) is 0 Å². The Morgan fingerprint density at radius 2 is 1.83 bits per heavy atom. The lowest BCUT2D eigenvalue weighted by Crippen LogP contribution is -2.31. The van der Waals surface area contributed by atoms with Gasteiger partial charge in [0.05, 0.1) is 22.0 Å². The highest BCUT2D eigenvalue weighted by molar-refractivity contribution is 7.90. The van der Waals surface area contributed by atoms with Crippen LogP contribution in [0.1, 0.15) is 23.2 Å². The first-order chi connectivity index (χ1) is 13.6. The van der Waals surface area contributed by atoms with E-state index < -0.39 is 31.0 Å². The summed E-state index contributed by atoms with van der Waals surface area (Å²) in [6.45, 7) is -0.384. The zero-order valence-electron chi connectivity index (χ0n) is 14.8. The van der Waals surface area contributed by atoms with Crippen molar-refractivity contribution in [3.63, 3.8) is 0 Å². The fourth-order valence-corrected chi connectivity index (χ4v) is 5.12. The molecule has 0 saturated heterocycles. The Hall–Kier alpha value is -2.90. The van der Waals surface area contributed by atoms with Crippen molar-refractivity contribution in [3.8, 4) is 0 Å². The molecular formula is C16H15N3O8S2. The Kier molecular flexibility index (Phi) is 5.64. The fourth-order valence-electron chi connectivity index (χ4n) is 2.66. The van der Waals surface area contributed by atoms with E-state index in [-0.39, 0.29) is 47.2 Å². The predicted molar refractivity (Wildman–Crippen MR) is 97.9 cm³/mol. The van der Waals surface area contributed by atoms with Crippen LogP contribution in [0.3, 0.4) is 0 Å². The average molecular weight is 441 g/mol. The van der Waals surface area contributed by atoms with Gasteiger partial charge >= 0.3 is 0 Å². The summed E-state index contributed by atoms with van der Waals surface area (Å²) < 4.78 is 54.4. The Morgan fingerprint density at radius 1 is 1.14 bits per heavy atom. The van der Waals surface area contributed by atoms with E-state index in [1.807, 2.05) is 0 Å². The van der Waals surface area contributed by atoms with E-state index in [9.17, 15) is 31.7 Å². The summed E-state index contributed by atoms with van der Waals surface area (Å²) in [6.07, 6.45) is 1.62. The van der Waals surface area contributed by atoms with Gasteiger partial charge < -0.3 is 0 Å². The van der Waals surface area contributed by atoms with Crippen LogP contribution in [0.25, 0.3) is 0 Å². The number of hydrogen-bond acceptors (Lipinski definition) is 9. The maximum Gasteiger partial charge on any atom is 0.296 e. The number of nitro benzene ring substituents is 1. The second kappa shape index (κ2) is 7.85. The number of sulfonamides is 1. The van der Waals surface area contributed by atoms with Gasteiger partial charge in [0.1, 0.15) is 0 Å². The number of aromatic nitrogens is 1. The van der Waals surface area contributed by atoms with Gasteiger partial charge in [-0.15, -0.1) is 0 Å². The Labute approximate surface area is 166 Å². The molecule has 2 aromatic rings. The molecule has 0 radical (unpaired) electrons. The molecule has 2 heterocycles. The highest BCUT2D eigenvalue weighted by atomic mass is 32.2. The van der Waals surface area contributed by atoms with E-state index >= 15 is 0 Å². The number of fused-ring (bicyclic) bond motifs is 1. The number of unbranched alkanes of at least 4 members (excludes halogenated alkanes) is 1. The number of nitrogens with zero attached hydrogens (tertiary/aromatic N) is 3. The van der Waals surface area contributed by atoms with Crippen molar-refractivity contribution in [1.82, 2.24) is 9.29 Å². The summed E-state index contributed by atoms with van der Waals surface area (Å²) in [5, 5.41) is 10.3. The molecule has 1 aliphatic heterocycles. The van der Waals surface area contributed by atoms with Crippen molar-refractivity contribution >= 4 is 31.7 Å². The van der Waals surface area contributed by atoms with Crippen LogP contribution in [0.4, 0.5) is 5.69 Å². The third-order valence-electron chi connectivity index (χ3n) is 4.09. The third-order valence-corrected chi connectivity index (χ3v) is 7.16. The highest BCUT2D eigenvalue weighted by Crippen LogP contribution is 2.28. The molecule has 0 unspecified atom stereocenters. The monoisotopic (exact) mass is 441 g/mol. The Morgan fingerprint density at radius 3 is 2.45 bits per heavy atom. The van der Waals surface area contributed by atoms with Crippen LogP contribution in [-0.4, -0.2) is 50.1 Å². The van der Waals surface area contributed by atoms with E-state index in [4.69, 9.17) is 4.18 Å². The van der Waals surface area contributed by atoms with E-state index in [2.05, 4.69) is 4.98 Å². The molecule has 0 saturated carbocycles. The standard InChI is InChI=1S/C16H15N3O8S2/c20-16-14-4-3-9-17-15(14)28(23,24)18(16)10-1-2-11-27-29(25,26)13-7-5-12(6-8-13)19(21)22/h3-9H,1-2,10-11H2. The molecule has 0 N–H and O–H groups in total. The van der Waals surface area contributed by atoms with Crippen LogP contribution in [0, 0.1) is 10.1 Å². The second-order valence-corrected chi connectivity index (χ2v) is 9.37. The summed E-state index contributed by atoms with van der Waals surface area (Å²) in [5.41, 5.74) is -0.250. The van der Waals surface area contributed by atoms with Crippen molar-refractivity contribution in [2.24, 2.45) is 0 Å². The summed E-state index contributed by atoms with van der Waals surface area (Å²) >= 11 is 0. The zero-order chi connectivity index (χ0) is 21.2. The van der Waals surface area contributed by atoms with Gasteiger partial charge in [-0.2, -0.15) is 16.8 Å². The number of nitro groups is 1. The highest BCUT2D eigenvalue weighted by Gasteiger charge is 2.41. The molecule has 1 aromatic carbocycles. The van der Waals surface area contributed by atoms with Crippen molar-refractivity contribution in [2.75, 3.05) is 13.2 Å². The SMILES string of the molecule is O=C1c2cccnc2S(=O)(=O)N1CCCCOS(=O)(=O)c1ccc([N+](=O)[O-])cc1. The first kappa shape index (κ1) is 20.8. The van der Waals surface area contributed by atoms with Crippen LogP contribution in [0.5, 0.6) is 0 Å². The number of hydrogen-bond donors (Lipinski definition) is 0. The maximum absolute atomic E-state index is 12.3. The lowest BCUT2D eigenvalue weighted by Gasteiger charge is -2.14. The lowest BCUT2D eigenvalue weighted by atomic mass is 10.2. The molecule has 11 nitrogen and oxygen atoms in total. The number of non-ortho nitro benzene ring substituents is 1. The van der Waals surface area contributed by atoms with Crippen LogP contribution < -0.4 is 0 Å². The van der Waals surface area contributed by atoms with E-state index in [0.29, 0.717) is 4.31 Å². The number of amides is 1. The first-order valence-corrected chi connectivity index (χ1v) is 11.2. The molecule has 1 amide bonds. The minimum atomic E-state index is -4.11. The number of benzene rings is 1. The molecule has 0 atom stereocenters. The zero-order valence-corrected chi connectivity index (χ0v) is 16.4. The summed E-state index contributed by atoms with van der Waals surface area (Å²) in [6, 6.07) is 7.06. The van der Waals surface area contributed by atoms with Crippen molar-refractivity contribution in [2.45, 2.75) is 22.8 Å². The number of carbonyl (C=O) groups excluding carboxylic acids is 1. The lowest BCUT2D eigenvalue weighted by molar-refractivity contribution is -0.384. The van der Waals surface area contributed by atoms with Crippen molar-refractivity contribution < 1.29 is 30.7 Å². The second-order valence-electron chi connectivity index (χ2n) is 5.97. The summed E-state index contributed by atoms with van der Waals surface area (Å²) in [7, 11) is -8.12. The van der Waals surface area contributed by atoms with Gasteiger partial charge in [0, 0.05) is 24.9 Å². The topological polar surface area (TPSA) is 154 Å². The minimum absolute atomic E-state index is 0.00417. The van der Waals surface area contributed by atoms with Gasteiger partial charge in [0.25, 0.3) is 31.7 Å². The minimum Gasteiger partial charge on any atom is -0.268 e. The van der Waals surface area contributed by atoms with Crippen molar-refractivity contribution in [1.29, 1.82) is 0 Å². The molecule has 3 rings (SSSR count). The quantitative estimate of drug-likeness (QED) is 0.255. The normalized spacial score (nSPS) is 15.3. The Balaban J connectivity index is 1.54. The molecular weight excluding hydrogens is 426 g/mol. The first-order valence-electron chi connectivity index (χ1n) is 8.30. The van der Waals surface area contributed by atoms with Crippen LogP contribution in [0.2, 0.25) is 0 Å². The Bertz CT molecular complexity index is 1160. The predicted octanol–water partition coefficient (Wildman–Crippen LogP) is 1.32.